The second kappa shape index (κ2) is 8.35. The highest BCUT2D eigenvalue weighted by Gasteiger charge is 2.26. The first-order chi connectivity index (χ1) is 13.8. The molecular formula is C21H19Cl2N5O. The Bertz CT molecular complexity index is 1110. The topological polar surface area (TPSA) is 67.9 Å². The molecule has 6 nitrogen and oxygen atoms in total. The highest BCUT2D eigenvalue weighted by Crippen LogP contribution is 2.31. The van der Waals surface area contributed by atoms with Crippen LogP contribution >= 0.6 is 24.0 Å². The number of pyridine rings is 2. The molecule has 0 saturated carbocycles. The molecular weight excluding hydrogens is 409 g/mol. The molecule has 29 heavy (non-hydrogen) atoms. The fourth-order valence-corrected chi connectivity index (χ4v) is 3.87. The van der Waals surface area contributed by atoms with E-state index in [1.54, 1.807) is 12.4 Å². The number of rotatable bonds is 3. The smallest absolute Gasteiger partial charge is 0.230 e. The Hall–Kier alpha value is -2.70. The Labute approximate surface area is 179 Å². The van der Waals surface area contributed by atoms with Gasteiger partial charge in [0.15, 0.2) is 0 Å². The van der Waals surface area contributed by atoms with Gasteiger partial charge < -0.3 is 9.42 Å². The molecule has 0 bridgehead atoms. The van der Waals surface area contributed by atoms with E-state index in [0.29, 0.717) is 16.7 Å². The quantitative estimate of drug-likeness (QED) is 0.450. The third-order valence-corrected chi connectivity index (χ3v) is 5.49. The van der Waals surface area contributed by atoms with Gasteiger partial charge in [-0.25, -0.2) is 4.98 Å². The minimum absolute atomic E-state index is 0. The van der Waals surface area contributed by atoms with Gasteiger partial charge in [0.1, 0.15) is 5.82 Å². The number of halogens is 2. The number of anilines is 1. The van der Waals surface area contributed by atoms with E-state index in [9.17, 15) is 0 Å². The molecule has 0 atom stereocenters. The molecule has 0 spiro atoms. The summed E-state index contributed by atoms with van der Waals surface area (Å²) in [5.41, 5.74) is 1.72. The van der Waals surface area contributed by atoms with Gasteiger partial charge in [-0.1, -0.05) is 28.9 Å². The van der Waals surface area contributed by atoms with Crippen molar-refractivity contribution in [3.8, 4) is 11.4 Å². The predicted molar refractivity (Wildman–Crippen MR) is 116 cm³/mol. The molecule has 4 heterocycles. The standard InChI is InChI=1S/C21H18ClN5O.ClH/c22-17-5-1-3-14-6-7-18(24-19(14)17)27-11-8-15(9-12-27)21-25-20(26-28-21)16-4-2-10-23-13-16;/h1-7,10,13,15H,8-9,11-12H2;1H. The largest absolute Gasteiger partial charge is 0.357 e. The van der Waals surface area contributed by atoms with Gasteiger partial charge in [0.25, 0.3) is 0 Å². The zero-order valence-corrected chi connectivity index (χ0v) is 17.1. The summed E-state index contributed by atoms with van der Waals surface area (Å²) in [6.45, 7) is 1.77. The van der Waals surface area contributed by atoms with Gasteiger partial charge in [0.05, 0.1) is 10.5 Å². The van der Waals surface area contributed by atoms with E-state index in [1.807, 2.05) is 30.3 Å². The van der Waals surface area contributed by atoms with Crippen LogP contribution in [0.5, 0.6) is 0 Å². The third kappa shape index (κ3) is 3.91. The molecule has 0 N–H and O–H groups in total. The Kier molecular flexibility index (Phi) is 5.65. The number of fused-ring (bicyclic) bond motifs is 1. The van der Waals surface area contributed by atoms with Crippen LogP contribution in [-0.2, 0) is 0 Å². The van der Waals surface area contributed by atoms with Crippen LogP contribution in [-0.4, -0.2) is 33.2 Å². The van der Waals surface area contributed by atoms with E-state index in [4.69, 9.17) is 21.1 Å². The predicted octanol–water partition coefficient (Wildman–Crippen LogP) is 5.14. The maximum absolute atomic E-state index is 6.31. The molecule has 5 rings (SSSR count). The Morgan fingerprint density at radius 3 is 2.66 bits per heavy atom. The molecule has 8 heteroatoms. The first-order valence-electron chi connectivity index (χ1n) is 9.32. The average molecular weight is 428 g/mol. The summed E-state index contributed by atoms with van der Waals surface area (Å²) >= 11 is 6.31. The highest BCUT2D eigenvalue weighted by atomic mass is 35.5. The SMILES string of the molecule is Cl.Clc1cccc2ccc(N3CCC(c4nc(-c5cccnc5)no4)CC3)nc12. The van der Waals surface area contributed by atoms with E-state index in [-0.39, 0.29) is 18.3 Å². The molecule has 0 aliphatic carbocycles. The summed E-state index contributed by atoms with van der Waals surface area (Å²) in [5, 5.41) is 5.85. The zero-order valence-electron chi connectivity index (χ0n) is 15.5. The maximum atomic E-state index is 6.31. The summed E-state index contributed by atoms with van der Waals surface area (Å²) in [4.78, 5) is 15.8. The highest BCUT2D eigenvalue weighted by molar-refractivity contribution is 6.35. The van der Waals surface area contributed by atoms with Crippen molar-refractivity contribution in [3.05, 3.63) is 65.8 Å². The second-order valence-corrected chi connectivity index (χ2v) is 7.35. The normalized spacial score (nSPS) is 14.7. The van der Waals surface area contributed by atoms with Crippen LogP contribution in [0.3, 0.4) is 0 Å². The lowest BCUT2D eigenvalue weighted by Crippen LogP contribution is -2.33. The minimum atomic E-state index is 0. The second-order valence-electron chi connectivity index (χ2n) is 6.94. The summed E-state index contributed by atoms with van der Waals surface area (Å²) in [6, 6.07) is 13.8. The number of piperidine rings is 1. The van der Waals surface area contributed by atoms with E-state index in [1.165, 1.54) is 0 Å². The van der Waals surface area contributed by atoms with Crippen LogP contribution in [0.4, 0.5) is 5.82 Å². The van der Waals surface area contributed by atoms with Gasteiger partial charge in [-0.3, -0.25) is 4.98 Å². The average Bonchev–Trinajstić information content (AvgIpc) is 3.25. The van der Waals surface area contributed by atoms with Crippen molar-refractivity contribution in [2.75, 3.05) is 18.0 Å². The van der Waals surface area contributed by atoms with Crippen LogP contribution in [0, 0.1) is 0 Å². The van der Waals surface area contributed by atoms with E-state index in [0.717, 1.165) is 48.2 Å². The van der Waals surface area contributed by atoms with Gasteiger partial charge in [0, 0.05) is 42.4 Å². The zero-order chi connectivity index (χ0) is 18.9. The van der Waals surface area contributed by atoms with Crippen molar-refractivity contribution in [2.24, 2.45) is 0 Å². The molecule has 0 unspecified atom stereocenters. The van der Waals surface area contributed by atoms with Crippen molar-refractivity contribution in [3.63, 3.8) is 0 Å². The van der Waals surface area contributed by atoms with E-state index in [2.05, 4.69) is 32.2 Å². The van der Waals surface area contributed by atoms with Gasteiger partial charge in [-0.2, -0.15) is 4.98 Å². The number of nitrogens with zero attached hydrogens (tertiary/aromatic N) is 5. The van der Waals surface area contributed by atoms with Crippen LogP contribution in [0.1, 0.15) is 24.7 Å². The summed E-state index contributed by atoms with van der Waals surface area (Å²) < 4.78 is 5.53. The molecule has 1 fully saturated rings. The van der Waals surface area contributed by atoms with Gasteiger partial charge in [-0.15, -0.1) is 12.4 Å². The summed E-state index contributed by atoms with van der Waals surface area (Å²) in [7, 11) is 0. The first kappa shape index (κ1) is 19.6. The van der Waals surface area contributed by atoms with Crippen molar-refractivity contribution >= 4 is 40.7 Å². The number of hydrogen-bond donors (Lipinski definition) is 0. The van der Waals surface area contributed by atoms with Crippen molar-refractivity contribution in [1.82, 2.24) is 20.1 Å². The maximum Gasteiger partial charge on any atom is 0.230 e. The molecule has 1 saturated heterocycles. The van der Waals surface area contributed by atoms with Crippen molar-refractivity contribution < 1.29 is 4.52 Å². The number of hydrogen-bond acceptors (Lipinski definition) is 6. The van der Waals surface area contributed by atoms with Crippen molar-refractivity contribution in [2.45, 2.75) is 18.8 Å². The Morgan fingerprint density at radius 1 is 1.00 bits per heavy atom. The molecule has 1 aliphatic rings. The molecule has 4 aromatic rings. The Morgan fingerprint density at radius 2 is 1.86 bits per heavy atom. The number of aromatic nitrogens is 4. The number of benzene rings is 1. The summed E-state index contributed by atoms with van der Waals surface area (Å²) in [5.74, 6) is 2.52. The van der Waals surface area contributed by atoms with E-state index >= 15 is 0 Å². The fourth-order valence-electron chi connectivity index (χ4n) is 3.65. The van der Waals surface area contributed by atoms with Crippen LogP contribution in [0.15, 0.2) is 59.4 Å². The van der Waals surface area contributed by atoms with Gasteiger partial charge in [-0.05, 0) is 43.2 Å². The van der Waals surface area contributed by atoms with Gasteiger partial charge in [0.2, 0.25) is 11.7 Å². The lowest BCUT2D eigenvalue weighted by molar-refractivity contribution is 0.329. The number of para-hydroxylation sites is 1. The molecule has 0 radical (unpaired) electrons. The monoisotopic (exact) mass is 427 g/mol. The molecule has 1 aliphatic heterocycles. The Balaban J connectivity index is 0.00000205. The molecule has 148 valence electrons. The lowest BCUT2D eigenvalue weighted by Gasteiger charge is -2.31. The van der Waals surface area contributed by atoms with Crippen LogP contribution in [0.2, 0.25) is 5.02 Å². The molecule has 3 aromatic heterocycles. The minimum Gasteiger partial charge on any atom is -0.357 e. The first-order valence-corrected chi connectivity index (χ1v) is 9.70. The van der Waals surface area contributed by atoms with Gasteiger partial charge >= 0.3 is 0 Å². The molecule has 0 amide bonds. The van der Waals surface area contributed by atoms with E-state index < -0.39 is 0 Å². The molecule has 1 aromatic carbocycles. The lowest BCUT2D eigenvalue weighted by atomic mass is 9.96. The van der Waals surface area contributed by atoms with Crippen LogP contribution < -0.4 is 4.90 Å². The van der Waals surface area contributed by atoms with Crippen LogP contribution in [0.25, 0.3) is 22.3 Å². The fraction of sp³-hybridized carbons (Fsp3) is 0.238. The van der Waals surface area contributed by atoms with Crippen molar-refractivity contribution in [1.29, 1.82) is 0 Å². The summed E-state index contributed by atoms with van der Waals surface area (Å²) in [6.07, 6.45) is 5.36. The third-order valence-electron chi connectivity index (χ3n) is 5.19.